The molecule has 0 unspecified atom stereocenters. The highest BCUT2D eigenvalue weighted by molar-refractivity contribution is 5.38. The molecule has 1 aromatic rings. The fourth-order valence-electron chi connectivity index (χ4n) is 1.74. The van der Waals surface area contributed by atoms with Gasteiger partial charge in [-0.2, -0.15) is 5.26 Å². The summed E-state index contributed by atoms with van der Waals surface area (Å²) in [6.07, 6.45) is 1.37. The van der Waals surface area contributed by atoms with Crippen LogP contribution in [0.15, 0.2) is 18.3 Å². The maximum Gasteiger partial charge on any atom is 0.248 e. The topological polar surface area (TPSA) is 48.7 Å². The van der Waals surface area contributed by atoms with E-state index in [1.54, 1.807) is 12.1 Å². The van der Waals surface area contributed by atoms with Crippen LogP contribution in [0.1, 0.15) is 18.4 Å². The zero-order valence-electron chi connectivity index (χ0n) is 8.58. The molecule has 3 nitrogen and oxygen atoms in total. The number of pyridine rings is 1. The maximum absolute atomic E-state index is 12.5. The van der Waals surface area contributed by atoms with Crippen LogP contribution in [0.5, 0.6) is 0 Å². The summed E-state index contributed by atoms with van der Waals surface area (Å²) in [5.74, 6) is -1.83. The van der Waals surface area contributed by atoms with Crippen molar-refractivity contribution in [2.24, 2.45) is 5.92 Å². The minimum absolute atomic E-state index is 0.0208. The number of nitrogens with one attached hydrogen (secondary N) is 1. The van der Waals surface area contributed by atoms with Crippen LogP contribution in [-0.2, 0) is 0 Å². The van der Waals surface area contributed by atoms with Crippen LogP contribution in [0.2, 0.25) is 0 Å². The number of halogens is 2. The molecule has 16 heavy (non-hydrogen) atoms. The van der Waals surface area contributed by atoms with Crippen molar-refractivity contribution in [2.45, 2.75) is 18.8 Å². The summed E-state index contributed by atoms with van der Waals surface area (Å²) in [6.45, 7) is 0.508. The molecular formula is C11H11F2N3. The quantitative estimate of drug-likeness (QED) is 0.856. The summed E-state index contributed by atoms with van der Waals surface area (Å²) in [6, 6.07) is 5.28. The largest absolute Gasteiger partial charge is 0.370 e. The molecular weight excluding hydrogens is 212 g/mol. The zero-order valence-corrected chi connectivity index (χ0v) is 8.58. The first-order valence-electron chi connectivity index (χ1n) is 5.07. The van der Waals surface area contributed by atoms with Gasteiger partial charge in [-0.25, -0.2) is 13.8 Å². The monoisotopic (exact) mass is 223 g/mol. The summed E-state index contributed by atoms with van der Waals surface area (Å²) in [4.78, 5) is 4.00. The Morgan fingerprint density at radius 2 is 2.25 bits per heavy atom. The number of hydrogen-bond donors (Lipinski definition) is 1. The summed E-state index contributed by atoms with van der Waals surface area (Å²) < 4.78 is 25.1. The van der Waals surface area contributed by atoms with Crippen molar-refractivity contribution in [1.29, 1.82) is 5.26 Å². The lowest BCUT2D eigenvalue weighted by molar-refractivity contribution is -0.106. The molecule has 0 atom stereocenters. The first kappa shape index (κ1) is 10.8. The van der Waals surface area contributed by atoms with Gasteiger partial charge in [-0.05, 0) is 18.1 Å². The third-order valence-corrected chi connectivity index (χ3v) is 2.64. The smallest absolute Gasteiger partial charge is 0.248 e. The van der Waals surface area contributed by atoms with Crippen LogP contribution in [0.3, 0.4) is 0 Å². The van der Waals surface area contributed by atoms with Gasteiger partial charge in [-0.1, -0.05) is 0 Å². The highest BCUT2D eigenvalue weighted by Crippen LogP contribution is 2.42. The Morgan fingerprint density at radius 1 is 1.50 bits per heavy atom. The van der Waals surface area contributed by atoms with Gasteiger partial charge in [-0.3, -0.25) is 0 Å². The first-order valence-corrected chi connectivity index (χ1v) is 5.07. The molecule has 1 fully saturated rings. The second-order valence-electron chi connectivity index (χ2n) is 4.06. The van der Waals surface area contributed by atoms with Gasteiger partial charge in [0.1, 0.15) is 11.9 Å². The van der Waals surface area contributed by atoms with E-state index >= 15 is 0 Å². The van der Waals surface area contributed by atoms with E-state index in [2.05, 4.69) is 10.3 Å². The highest BCUT2D eigenvalue weighted by atomic mass is 19.3. The van der Waals surface area contributed by atoms with Crippen LogP contribution in [0, 0.1) is 17.2 Å². The van der Waals surface area contributed by atoms with Crippen molar-refractivity contribution >= 4 is 5.82 Å². The van der Waals surface area contributed by atoms with Gasteiger partial charge in [-0.15, -0.1) is 0 Å². The van der Waals surface area contributed by atoms with E-state index in [0.29, 0.717) is 17.9 Å². The van der Waals surface area contributed by atoms with Crippen molar-refractivity contribution in [3.05, 3.63) is 23.9 Å². The van der Waals surface area contributed by atoms with Gasteiger partial charge in [0.15, 0.2) is 0 Å². The fraction of sp³-hybridized carbons (Fsp3) is 0.455. The van der Waals surface area contributed by atoms with Gasteiger partial charge in [0.25, 0.3) is 0 Å². The van der Waals surface area contributed by atoms with Crippen LogP contribution in [-0.4, -0.2) is 17.5 Å². The molecule has 0 spiro atoms. The average molecular weight is 223 g/mol. The normalized spacial score (nSPS) is 18.6. The molecule has 0 aromatic carbocycles. The predicted molar refractivity (Wildman–Crippen MR) is 55.1 cm³/mol. The summed E-state index contributed by atoms with van der Waals surface area (Å²) >= 11 is 0. The van der Waals surface area contributed by atoms with Crippen molar-refractivity contribution in [2.75, 3.05) is 11.9 Å². The predicted octanol–water partition coefficient (Wildman–Crippen LogP) is 2.41. The Kier molecular flexibility index (Phi) is 2.73. The number of rotatable bonds is 3. The molecule has 84 valence electrons. The molecule has 0 radical (unpaired) electrons. The van der Waals surface area contributed by atoms with Crippen LogP contribution >= 0.6 is 0 Å². The molecule has 1 aliphatic carbocycles. The van der Waals surface area contributed by atoms with Crippen molar-refractivity contribution in [1.82, 2.24) is 4.98 Å². The molecule has 5 heteroatoms. The lowest BCUT2D eigenvalue weighted by atomic mass is 9.81. The number of anilines is 1. The number of hydrogen-bond acceptors (Lipinski definition) is 3. The Morgan fingerprint density at radius 3 is 2.75 bits per heavy atom. The molecule has 1 aliphatic rings. The standard InChI is InChI=1S/C11H11F2N3/c12-11(13)3-9(4-11)7-16-10-2-1-8(5-14)6-15-10/h1-2,6,9H,3-4,7H2,(H,15,16). The summed E-state index contributed by atoms with van der Waals surface area (Å²) in [7, 11) is 0. The minimum Gasteiger partial charge on any atom is -0.370 e. The van der Waals surface area contributed by atoms with E-state index in [0.717, 1.165) is 0 Å². The van der Waals surface area contributed by atoms with E-state index in [4.69, 9.17) is 5.26 Å². The van der Waals surface area contributed by atoms with Crippen molar-refractivity contribution in [3.8, 4) is 6.07 Å². The zero-order chi connectivity index (χ0) is 11.6. The van der Waals surface area contributed by atoms with Gasteiger partial charge < -0.3 is 5.32 Å². The number of nitriles is 1. The Bertz CT molecular complexity index is 400. The Hall–Kier alpha value is -1.70. The fourth-order valence-corrected chi connectivity index (χ4v) is 1.74. The van der Waals surface area contributed by atoms with E-state index in [9.17, 15) is 8.78 Å². The molecule has 1 heterocycles. The number of alkyl halides is 2. The molecule has 0 bridgehead atoms. The van der Waals surface area contributed by atoms with Crippen molar-refractivity contribution in [3.63, 3.8) is 0 Å². The minimum atomic E-state index is -2.47. The van der Waals surface area contributed by atoms with Gasteiger partial charge in [0.05, 0.1) is 5.56 Å². The third kappa shape index (κ3) is 2.45. The summed E-state index contributed by atoms with van der Waals surface area (Å²) in [5, 5.41) is 11.5. The molecule has 0 aliphatic heterocycles. The second-order valence-corrected chi connectivity index (χ2v) is 4.06. The lowest BCUT2D eigenvalue weighted by Crippen LogP contribution is -2.39. The molecule has 2 rings (SSSR count). The Labute approximate surface area is 92.1 Å². The van der Waals surface area contributed by atoms with E-state index in [1.807, 2.05) is 6.07 Å². The molecule has 1 N–H and O–H groups in total. The first-order chi connectivity index (χ1) is 7.59. The van der Waals surface area contributed by atoms with Gasteiger partial charge >= 0.3 is 0 Å². The molecule has 1 aromatic heterocycles. The van der Waals surface area contributed by atoms with E-state index < -0.39 is 5.92 Å². The van der Waals surface area contributed by atoms with Gasteiger partial charge in [0, 0.05) is 25.6 Å². The lowest BCUT2D eigenvalue weighted by Gasteiger charge is -2.34. The number of aromatic nitrogens is 1. The van der Waals surface area contributed by atoms with E-state index in [-0.39, 0.29) is 18.8 Å². The van der Waals surface area contributed by atoms with E-state index in [1.165, 1.54) is 6.20 Å². The SMILES string of the molecule is N#Cc1ccc(NCC2CC(F)(F)C2)nc1. The highest BCUT2D eigenvalue weighted by Gasteiger charge is 2.44. The molecule has 1 saturated carbocycles. The number of nitrogens with zero attached hydrogens (tertiary/aromatic N) is 2. The van der Waals surface area contributed by atoms with Crippen LogP contribution < -0.4 is 5.32 Å². The van der Waals surface area contributed by atoms with Crippen LogP contribution in [0.4, 0.5) is 14.6 Å². The molecule has 0 saturated heterocycles. The maximum atomic E-state index is 12.5. The van der Waals surface area contributed by atoms with Crippen molar-refractivity contribution < 1.29 is 8.78 Å². The summed E-state index contributed by atoms with van der Waals surface area (Å²) in [5.41, 5.74) is 0.487. The Balaban J connectivity index is 1.80. The third-order valence-electron chi connectivity index (χ3n) is 2.64. The molecule has 0 amide bonds. The van der Waals surface area contributed by atoms with Gasteiger partial charge in [0.2, 0.25) is 5.92 Å². The average Bonchev–Trinajstić information content (AvgIpc) is 2.24. The second kappa shape index (κ2) is 4.05. The van der Waals surface area contributed by atoms with Crippen LogP contribution in [0.25, 0.3) is 0 Å².